The van der Waals surface area contributed by atoms with Crippen LogP contribution < -0.4 is 10.1 Å². The number of aryl methyl sites for hydroxylation is 1. The Balaban J connectivity index is 1.65. The first-order valence-corrected chi connectivity index (χ1v) is 9.66. The summed E-state index contributed by atoms with van der Waals surface area (Å²) >= 11 is 3.70. The van der Waals surface area contributed by atoms with Crippen molar-refractivity contribution >= 4 is 45.0 Å². The summed E-state index contributed by atoms with van der Waals surface area (Å²) in [4.78, 5) is 16.8. The number of hydrogen-bond donors (Lipinski definition) is 1. The molecule has 6 heteroatoms. The number of hydrogen-bond acceptors (Lipinski definition) is 4. The van der Waals surface area contributed by atoms with E-state index in [-0.39, 0.29) is 5.91 Å². The van der Waals surface area contributed by atoms with Gasteiger partial charge < -0.3 is 10.1 Å². The van der Waals surface area contributed by atoms with E-state index in [4.69, 9.17) is 4.74 Å². The Labute approximate surface area is 164 Å². The van der Waals surface area contributed by atoms with Gasteiger partial charge in [-0.05, 0) is 58.8 Å². The Bertz CT molecular complexity index is 891. The molecule has 0 saturated carbocycles. The van der Waals surface area contributed by atoms with Crippen molar-refractivity contribution in [3.63, 3.8) is 0 Å². The van der Waals surface area contributed by atoms with Crippen molar-refractivity contribution < 1.29 is 9.53 Å². The van der Waals surface area contributed by atoms with Gasteiger partial charge in [0.2, 0.25) is 5.91 Å². The van der Waals surface area contributed by atoms with Crippen LogP contribution in [-0.4, -0.2) is 18.0 Å². The minimum atomic E-state index is -0.0759. The van der Waals surface area contributed by atoms with Crippen LogP contribution in [0, 0.1) is 10.5 Å². The normalized spacial score (nSPS) is 10.5. The maximum atomic E-state index is 12.3. The Kier molecular flexibility index (Phi) is 5.70. The minimum Gasteiger partial charge on any atom is -0.496 e. The smallest absolute Gasteiger partial charge is 0.230 e. The van der Waals surface area contributed by atoms with Crippen molar-refractivity contribution in [2.75, 3.05) is 12.4 Å². The quantitative estimate of drug-likeness (QED) is 0.546. The van der Waals surface area contributed by atoms with Gasteiger partial charge in [0.1, 0.15) is 5.75 Å². The highest BCUT2D eigenvalue weighted by Gasteiger charge is 2.10. The monoisotopic (exact) mass is 464 g/mol. The predicted octanol–water partition coefficient (Wildman–Crippen LogP) is 4.91. The van der Waals surface area contributed by atoms with Gasteiger partial charge >= 0.3 is 0 Å². The number of amides is 1. The van der Waals surface area contributed by atoms with E-state index in [1.54, 1.807) is 7.11 Å². The van der Waals surface area contributed by atoms with E-state index in [1.165, 1.54) is 14.9 Å². The zero-order valence-electron chi connectivity index (χ0n) is 13.9. The van der Waals surface area contributed by atoms with E-state index < -0.39 is 0 Å². The number of anilines is 1. The molecule has 0 fully saturated rings. The Morgan fingerprint density at radius 2 is 2.00 bits per heavy atom. The molecule has 0 spiro atoms. The van der Waals surface area contributed by atoms with Gasteiger partial charge in [0.05, 0.1) is 19.2 Å². The molecule has 4 nitrogen and oxygen atoms in total. The third-order valence-corrected chi connectivity index (χ3v) is 5.19. The Morgan fingerprint density at radius 1 is 1.24 bits per heavy atom. The lowest BCUT2D eigenvalue weighted by molar-refractivity contribution is -0.115. The number of carbonyl (C=O) groups is 1. The molecule has 128 valence electrons. The second-order valence-electron chi connectivity index (χ2n) is 5.57. The number of nitrogens with one attached hydrogen (secondary N) is 1. The predicted molar refractivity (Wildman–Crippen MR) is 110 cm³/mol. The third-order valence-electron chi connectivity index (χ3n) is 3.71. The Hall–Kier alpha value is -1.93. The molecule has 3 rings (SSSR count). The zero-order chi connectivity index (χ0) is 17.8. The van der Waals surface area contributed by atoms with Crippen molar-refractivity contribution in [1.29, 1.82) is 0 Å². The minimum absolute atomic E-state index is 0.0759. The fraction of sp³-hybridized carbons (Fsp3) is 0.158. The summed E-state index contributed by atoms with van der Waals surface area (Å²) in [5.74, 6) is 0.749. The summed E-state index contributed by atoms with van der Waals surface area (Å²) in [6.45, 7) is 1.97. The fourth-order valence-corrected chi connectivity index (χ4v) is 3.58. The van der Waals surface area contributed by atoms with E-state index >= 15 is 0 Å². The Morgan fingerprint density at radius 3 is 2.68 bits per heavy atom. The van der Waals surface area contributed by atoms with E-state index in [9.17, 15) is 4.79 Å². The van der Waals surface area contributed by atoms with Gasteiger partial charge in [-0.1, -0.05) is 24.3 Å². The molecule has 3 aromatic rings. The number of halogens is 1. The molecule has 0 radical (unpaired) electrons. The maximum Gasteiger partial charge on any atom is 0.230 e. The topological polar surface area (TPSA) is 51.2 Å². The molecule has 0 saturated heterocycles. The molecule has 0 atom stereocenters. The molecule has 0 aliphatic rings. The number of carbonyl (C=O) groups excluding carboxylic acids is 1. The lowest BCUT2D eigenvalue weighted by atomic mass is 10.1. The molecule has 0 aliphatic heterocycles. The first-order valence-electron chi connectivity index (χ1n) is 7.70. The molecule has 0 bridgehead atoms. The molecular formula is C19H17IN2O2S. The van der Waals surface area contributed by atoms with Crippen molar-refractivity contribution in [2.45, 2.75) is 13.3 Å². The molecule has 0 aliphatic carbocycles. The van der Waals surface area contributed by atoms with Gasteiger partial charge in [-0.15, -0.1) is 11.3 Å². The lowest BCUT2D eigenvalue weighted by Crippen LogP contribution is -2.14. The molecule has 1 N–H and O–H groups in total. The van der Waals surface area contributed by atoms with Crippen molar-refractivity contribution in [3.8, 4) is 17.0 Å². The second kappa shape index (κ2) is 7.97. The highest BCUT2D eigenvalue weighted by atomic mass is 127. The molecule has 25 heavy (non-hydrogen) atoms. The molecule has 2 aromatic carbocycles. The SMILES string of the molecule is COc1ccc(CC(=O)Nc2nc(-c3ccc(I)cc3)cs2)cc1C. The van der Waals surface area contributed by atoms with Crippen LogP contribution in [0.4, 0.5) is 5.13 Å². The van der Waals surface area contributed by atoms with Crippen LogP contribution in [0.25, 0.3) is 11.3 Å². The molecule has 1 amide bonds. The van der Waals surface area contributed by atoms with Gasteiger partial charge in [-0.25, -0.2) is 4.98 Å². The molecule has 1 aromatic heterocycles. The van der Waals surface area contributed by atoms with Crippen molar-refractivity contribution in [1.82, 2.24) is 4.98 Å². The van der Waals surface area contributed by atoms with E-state index in [0.29, 0.717) is 11.6 Å². The van der Waals surface area contributed by atoms with Gasteiger partial charge in [0, 0.05) is 14.5 Å². The van der Waals surface area contributed by atoms with Gasteiger partial charge in [-0.3, -0.25) is 4.79 Å². The molecule has 1 heterocycles. The summed E-state index contributed by atoms with van der Waals surface area (Å²) in [6, 6.07) is 13.9. The maximum absolute atomic E-state index is 12.3. The molecule has 0 unspecified atom stereocenters. The fourth-order valence-electron chi connectivity index (χ4n) is 2.48. The lowest BCUT2D eigenvalue weighted by Gasteiger charge is -2.07. The van der Waals surface area contributed by atoms with Crippen molar-refractivity contribution in [3.05, 3.63) is 62.5 Å². The molecular weight excluding hydrogens is 447 g/mol. The number of ether oxygens (including phenoxy) is 1. The summed E-state index contributed by atoms with van der Waals surface area (Å²) in [5, 5.41) is 5.44. The van der Waals surface area contributed by atoms with E-state index in [2.05, 4.69) is 32.9 Å². The van der Waals surface area contributed by atoms with Gasteiger partial charge in [0.25, 0.3) is 0 Å². The largest absolute Gasteiger partial charge is 0.496 e. The third kappa shape index (κ3) is 4.58. The summed E-state index contributed by atoms with van der Waals surface area (Å²) in [5.41, 5.74) is 3.88. The van der Waals surface area contributed by atoms with Gasteiger partial charge in [0.15, 0.2) is 5.13 Å². The van der Waals surface area contributed by atoms with Crippen LogP contribution in [0.15, 0.2) is 47.8 Å². The van der Waals surface area contributed by atoms with Crippen LogP contribution in [0.2, 0.25) is 0 Å². The van der Waals surface area contributed by atoms with Crippen LogP contribution in [0.3, 0.4) is 0 Å². The van der Waals surface area contributed by atoms with E-state index in [0.717, 1.165) is 28.1 Å². The number of rotatable bonds is 5. The van der Waals surface area contributed by atoms with Crippen LogP contribution in [0.5, 0.6) is 5.75 Å². The second-order valence-corrected chi connectivity index (χ2v) is 7.68. The number of benzene rings is 2. The standard InChI is InChI=1S/C19H17IN2O2S/c1-12-9-13(3-8-17(12)24-2)10-18(23)22-19-21-16(11-25-19)14-4-6-15(20)7-5-14/h3-9,11H,10H2,1-2H3,(H,21,22,23). The summed E-state index contributed by atoms with van der Waals surface area (Å²) in [7, 11) is 1.64. The summed E-state index contributed by atoms with van der Waals surface area (Å²) < 4.78 is 6.42. The first-order chi connectivity index (χ1) is 12.0. The average molecular weight is 464 g/mol. The first kappa shape index (κ1) is 17.9. The summed E-state index contributed by atoms with van der Waals surface area (Å²) in [6.07, 6.45) is 0.309. The van der Waals surface area contributed by atoms with Crippen LogP contribution >= 0.6 is 33.9 Å². The van der Waals surface area contributed by atoms with Crippen LogP contribution in [-0.2, 0) is 11.2 Å². The average Bonchev–Trinajstić information content (AvgIpc) is 3.04. The van der Waals surface area contributed by atoms with Crippen molar-refractivity contribution in [2.24, 2.45) is 0 Å². The number of nitrogens with zero attached hydrogens (tertiary/aromatic N) is 1. The highest BCUT2D eigenvalue weighted by Crippen LogP contribution is 2.26. The number of methoxy groups -OCH3 is 1. The van der Waals surface area contributed by atoms with Gasteiger partial charge in [-0.2, -0.15) is 0 Å². The van der Waals surface area contributed by atoms with E-state index in [1.807, 2.05) is 54.8 Å². The zero-order valence-corrected chi connectivity index (χ0v) is 16.8. The highest BCUT2D eigenvalue weighted by molar-refractivity contribution is 14.1. The number of aromatic nitrogens is 1. The number of thiazole rings is 1. The van der Waals surface area contributed by atoms with Crippen LogP contribution in [0.1, 0.15) is 11.1 Å².